The van der Waals surface area contributed by atoms with Gasteiger partial charge in [0.2, 0.25) is 5.91 Å². The van der Waals surface area contributed by atoms with E-state index in [0.29, 0.717) is 19.6 Å². The molecule has 1 N–H and O–H groups in total. The van der Waals surface area contributed by atoms with Crippen LogP contribution in [0, 0.1) is 5.92 Å². The number of aryl methyl sites for hydroxylation is 1. The second-order valence-corrected chi connectivity index (χ2v) is 8.04. The van der Waals surface area contributed by atoms with Crippen molar-refractivity contribution in [2.24, 2.45) is 5.92 Å². The molecule has 0 radical (unpaired) electrons. The van der Waals surface area contributed by atoms with Crippen molar-refractivity contribution in [2.75, 3.05) is 19.7 Å². The average Bonchev–Trinajstić information content (AvgIpc) is 3.20. The standard InChI is InChI=1S/C21H27NO4/c23-19-2-1-11-22(19)12-13-26-17-4-3-15-5-8-21(18(15)14-17)9-6-16(7-10-21)20(24)25/h3-4,14,16H,1-2,5-13H2,(H,24,25). The Labute approximate surface area is 154 Å². The number of nitrogens with zero attached hydrogens (tertiary/aromatic N) is 1. The predicted molar refractivity (Wildman–Crippen MR) is 97.3 cm³/mol. The monoisotopic (exact) mass is 357 g/mol. The lowest BCUT2D eigenvalue weighted by Gasteiger charge is -2.37. The third kappa shape index (κ3) is 3.19. The Morgan fingerprint density at radius 3 is 2.73 bits per heavy atom. The number of aliphatic carboxylic acids is 1. The Morgan fingerprint density at radius 2 is 2.04 bits per heavy atom. The highest BCUT2D eigenvalue weighted by Gasteiger charge is 2.43. The van der Waals surface area contributed by atoms with E-state index in [1.807, 2.05) is 11.0 Å². The molecule has 4 rings (SSSR count). The van der Waals surface area contributed by atoms with Gasteiger partial charge in [0.05, 0.1) is 12.5 Å². The minimum atomic E-state index is -0.647. The van der Waals surface area contributed by atoms with Gasteiger partial charge in [-0.3, -0.25) is 9.59 Å². The number of hydrogen-bond donors (Lipinski definition) is 1. The molecule has 1 amide bonds. The molecule has 26 heavy (non-hydrogen) atoms. The van der Waals surface area contributed by atoms with E-state index < -0.39 is 5.97 Å². The van der Waals surface area contributed by atoms with Crippen LogP contribution < -0.4 is 4.74 Å². The average molecular weight is 357 g/mol. The van der Waals surface area contributed by atoms with E-state index in [0.717, 1.165) is 57.2 Å². The summed E-state index contributed by atoms with van der Waals surface area (Å²) >= 11 is 0. The van der Waals surface area contributed by atoms with Gasteiger partial charge in [-0.15, -0.1) is 0 Å². The van der Waals surface area contributed by atoms with Gasteiger partial charge in [0, 0.05) is 13.0 Å². The topological polar surface area (TPSA) is 66.8 Å². The van der Waals surface area contributed by atoms with Crippen LogP contribution in [0.5, 0.6) is 5.75 Å². The molecule has 0 bridgehead atoms. The largest absolute Gasteiger partial charge is 0.492 e. The summed E-state index contributed by atoms with van der Waals surface area (Å²) in [5.41, 5.74) is 2.91. The smallest absolute Gasteiger partial charge is 0.306 e. The molecule has 140 valence electrons. The van der Waals surface area contributed by atoms with Crippen LogP contribution in [0.1, 0.15) is 56.1 Å². The summed E-state index contributed by atoms with van der Waals surface area (Å²) in [6.07, 6.45) is 7.30. The Morgan fingerprint density at radius 1 is 1.23 bits per heavy atom. The van der Waals surface area contributed by atoms with Crippen LogP contribution in [0.2, 0.25) is 0 Å². The van der Waals surface area contributed by atoms with E-state index in [1.54, 1.807) is 0 Å². The van der Waals surface area contributed by atoms with Crippen LogP contribution in [-0.4, -0.2) is 41.6 Å². The van der Waals surface area contributed by atoms with E-state index in [4.69, 9.17) is 4.74 Å². The van der Waals surface area contributed by atoms with E-state index in [2.05, 4.69) is 12.1 Å². The fourth-order valence-electron chi connectivity index (χ4n) is 5.02. The first-order chi connectivity index (χ1) is 12.6. The Kier molecular flexibility index (Phi) is 4.63. The van der Waals surface area contributed by atoms with E-state index >= 15 is 0 Å². The number of fused-ring (bicyclic) bond motifs is 2. The minimum Gasteiger partial charge on any atom is -0.492 e. The highest BCUT2D eigenvalue weighted by Crippen LogP contribution is 2.50. The molecule has 2 aliphatic carbocycles. The normalized spacial score (nSPS) is 27.8. The SMILES string of the molecule is O=C(O)C1CCC2(CCc3ccc(OCCN4CCCC4=O)cc32)CC1. The fourth-order valence-corrected chi connectivity index (χ4v) is 5.02. The summed E-state index contributed by atoms with van der Waals surface area (Å²) in [5, 5.41) is 9.27. The van der Waals surface area contributed by atoms with Crippen molar-refractivity contribution in [2.45, 2.75) is 56.8 Å². The van der Waals surface area contributed by atoms with Crippen molar-refractivity contribution in [3.63, 3.8) is 0 Å². The minimum absolute atomic E-state index is 0.144. The number of carbonyl (C=O) groups is 2. The van der Waals surface area contributed by atoms with Crippen LogP contribution in [0.25, 0.3) is 0 Å². The van der Waals surface area contributed by atoms with Crippen molar-refractivity contribution in [3.8, 4) is 5.75 Å². The lowest BCUT2D eigenvalue weighted by molar-refractivity contribution is -0.143. The van der Waals surface area contributed by atoms with Crippen LogP contribution in [0.3, 0.4) is 0 Å². The summed E-state index contributed by atoms with van der Waals surface area (Å²) in [6.45, 7) is 2.03. The zero-order valence-corrected chi connectivity index (χ0v) is 15.2. The molecule has 5 nitrogen and oxygen atoms in total. The molecular formula is C21H27NO4. The van der Waals surface area contributed by atoms with Gasteiger partial charge in [0.25, 0.3) is 0 Å². The highest BCUT2D eigenvalue weighted by molar-refractivity contribution is 5.78. The number of carboxylic acids is 1. The maximum atomic E-state index is 11.7. The Bertz CT molecular complexity index is 706. The predicted octanol–water partition coefficient (Wildman–Crippen LogP) is 3.15. The molecule has 1 aliphatic heterocycles. The number of rotatable bonds is 5. The van der Waals surface area contributed by atoms with Gasteiger partial charge in [-0.25, -0.2) is 0 Å². The lowest BCUT2D eigenvalue weighted by atomic mass is 9.67. The number of benzene rings is 1. The molecule has 1 heterocycles. The number of ether oxygens (including phenoxy) is 1. The summed E-state index contributed by atoms with van der Waals surface area (Å²) in [5.74, 6) is 0.280. The maximum absolute atomic E-state index is 11.7. The van der Waals surface area contributed by atoms with Gasteiger partial charge in [0.15, 0.2) is 0 Å². The highest BCUT2D eigenvalue weighted by atomic mass is 16.5. The molecule has 0 atom stereocenters. The first-order valence-electron chi connectivity index (χ1n) is 9.84. The fraction of sp³-hybridized carbons (Fsp3) is 0.619. The number of hydrogen-bond acceptors (Lipinski definition) is 3. The molecule has 5 heteroatoms. The first kappa shape index (κ1) is 17.4. The second-order valence-electron chi connectivity index (χ2n) is 8.04. The number of carbonyl (C=O) groups excluding carboxylic acids is 1. The second kappa shape index (κ2) is 6.93. The molecule has 3 aliphatic rings. The summed E-state index contributed by atoms with van der Waals surface area (Å²) < 4.78 is 5.95. The van der Waals surface area contributed by atoms with Crippen LogP contribution in [0.15, 0.2) is 18.2 Å². The summed E-state index contributed by atoms with van der Waals surface area (Å²) in [4.78, 5) is 24.8. The molecular weight excluding hydrogens is 330 g/mol. The van der Waals surface area contributed by atoms with Gasteiger partial charge < -0.3 is 14.7 Å². The van der Waals surface area contributed by atoms with Gasteiger partial charge in [0.1, 0.15) is 12.4 Å². The molecule has 1 aromatic carbocycles. The Hall–Kier alpha value is -2.04. The van der Waals surface area contributed by atoms with Crippen LogP contribution in [0.4, 0.5) is 0 Å². The number of likely N-dealkylation sites (tertiary alicyclic amines) is 1. The van der Waals surface area contributed by atoms with Crippen molar-refractivity contribution in [1.29, 1.82) is 0 Å². The summed E-state index contributed by atoms with van der Waals surface area (Å²) in [6, 6.07) is 6.38. The van der Waals surface area contributed by atoms with Crippen LogP contribution >= 0.6 is 0 Å². The van der Waals surface area contributed by atoms with E-state index in [-0.39, 0.29) is 17.2 Å². The zero-order chi connectivity index (χ0) is 18.1. The molecule has 0 unspecified atom stereocenters. The third-order valence-corrected chi connectivity index (χ3v) is 6.62. The molecule has 2 fully saturated rings. The van der Waals surface area contributed by atoms with E-state index in [9.17, 15) is 14.7 Å². The third-order valence-electron chi connectivity index (χ3n) is 6.62. The van der Waals surface area contributed by atoms with Crippen molar-refractivity contribution in [3.05, 3.63) is 29.3 Å². The summed E-state index contributed by atoms with van der Waals surface area (Å²) in [7, 11) is 0. The quantitative estimate of drug-likeness (QED) is 0.879. The van der Waals surface area contributed by atoms with E-state index in [1.165, 1.54) is 11.1 Å². The molecule has 0 aromatic heterocycles. The molecule has 1 saturated carbocycles. The van der Waals surface area contributed by atoms with Crippen molar-refractivity contribution < 1.29 is 19.4 Å². The van der Waals surface area contributed by atoms with Gasteiger partial charge in [-0.1, -0.05) is 6.07 Å². The zero-order valence-electron chi connectivity index (χ0n) is 15.2. The lowest BCUT2D eigenvalue weighted by Crippen LogP contribution is -2.32. The maximum Gasteiger partial charge on any atom is 0.306 e. The van der Waals surface area contributed by atoms with Crippen molar-refractivity contribution in [1.82, 2.24) is 4.90 Å². The first-order valence-corrected chi connectivity index (χ1v) is 9.84. The number of carboxylic acid groups (broad SMARTS) is 1. The van der Waals surface area contributed by atoms with Crippen LogP contribution in [-0.2, 0) is 21.4 Å². The van der Waals surface area contributed by atoms with Gasteiger partial charge >= 0.3 is 5.97 Å². The molecule has 1 aromatic rings. The number of amides is 1. The van der Waals surface area contributed by atoms with Crippen molar-refractivity contribution >= 4 is 11.9 Å². The Balaban J connectivity index is 1.41. The van der Waals surface area contributed by atoms with Gasteiger partial charge in [-0.2, -0.15) is 0 Å². The van der Waals surface area contributed by atoms with Gasteiger partial charge in [-0.05, 0) is 73.6 Å². The molecule has 1 spiro atoms. The molecule has 1 saturated heterocycles.